The van der Waals surface area contributed by atoms with Crippen LogP contribution in [-0.4, -0.2) is 0 Å². The van der Waals surface area contributed by atoms with Gasteiger partial charge in [0, 0.05) is 5.92 Å². The zero-order valence-corrected chi connectivity index (χ0v) is 10.6. The van der Waals surface area contributed by atoms with Crippen LogP contribution in [0.25, 0.3) is 0 Å². The largest absolute Gasteiger partial charge is 0.388 e. The summed E-state index contributed by atoms with van der Waals surface area (Å²) in [5, 5.41) is 8.45. The summed E-state index contributed by atoms with van der Waals surface area (Å²) in [5.74, 6) is 0.867. The van der Waals surface area contributed by atoms with Gasteiger partial charge in [0.05, 0.1) is 0 Å². The Kier molecular flexibility index (Phi) is 3.64. The molecule has 2 rings (SSSR count). The Morgan fingerprint density at radius 2 is 1.89 bits per heavy atom. The van der Waals surface area contributed by atoms with Crippen molar-refractivity contribution < 1.29 is 4.74 Å². The minimum absolute atomic E-state index is 0.288. The maximum Gasteiger partial charge on any atom is 0.292 e. The quantitative estimate of drug-likeness (QED) is 0.726. The van der Waals surface area contributed by atoms with E-state index < -0.39 is 0 Å². The first kappa shape index (κ1) is 12.2. The molecule has 0 heterocycles. The molecule has 1 atom stereocenters. The van der Waals surface area contributed by atoms with Crippen molar-refractivity contribution in [1.82, 2.24) is 0 Å². The van der Waals surface area contributed by atoms with Crippen molar-refractivity contribution in [3.63, 3.8) is 0 Å². The summed E-state index contributed by atoms with van der Waals surface area (Å²) in [6.07, 6.45) is 10.1. The van der Waals surface area contributed by atoms with Crippen LogP contribution in [0.15, 0.2) is 59.7 Å². The third-order valence-electron chi connectivity index (χ3n) is 3.01. The van der Waals surface area contributed by atoms with Crippen molar-refractivity contribution in [1.29, 1.82) is 5.26 Å². The predicted molar refractivity (Wildman–Crippen MR) is 72.1 cm³/mol. The summed E-state index contributed by atoms with van der Waals surface area (Å²) in [6, 6.07) is 7.66. The van der Waals surface area contributed by atoms with Gasteiger partial charge in [-0.25, -0.2) is 0 Å². The van der Waals surface area contributed by atoms with E-state index in [9.17, 15) is 0 Å². The minimum atomic E-state index is 0.288. The molecule has 1 aromatic rings. The second-order valence-corrected chi connectivity index (χ2v) is 4.44. The SMILES string of the molecule is CC(C)=C1C=CC=CC1c1ccc(OC#N)cc1. The van der Waals surface area contributed by atoms with Crippen LogP contribution in [0.2, 0.25) is 0 Å². The first-order chi connectivity index (χ1) is 8.72. The number of benzene rings is 1. The second kappa shape index (κ2) is 5.37. The van der Waals surface area contributed by atoms with Gasteiger partial charge in [-0.05, 0) is 37.1 Å². The molecule has 0 saturated heterocycles. The first-order valence-corrected chi connectivity index (χ1v) is 5.90. The van der Waals surface area contributed by atoms with E-state index in [1.54, 1.807) is 6.26 Å². The van der Waals surface area contributed by atoms with E-state index in [-0.39, 0.29) is 5.92 Å². The lowest BCUT2D eigenvalue weighted by molar-refractivity contribution is 0.507. The van der Waals surface area contributed by atoms with Crippen LogP contribution in [-0.2, 0) is 0 Å². The Morgan fingerprint density at radius 1 is 1.17 bits per heavy atom. The Bertz CT molecular complexity index is 552. The second-order valence-electron chi connectivity index (χ2n) is 4.44. The monoisotopic (exact) mass is 237 g/mol. The highest BCUT2D eigenvalue weighted by Gasteiger charge is 2.14. The molecule has 0 spiro atoms. The van der Waals surface area contributed by atoms with Crippen molar-refractivity contribution >= 4 is 0 Å². The van der Waals surface area contributed by atoms with E-state index in [0.717, 1.165) is 0 Å². The molecule has 2 nitrogen and oxygen atoms in total. The average molecular weight is 237 g/mol. The van der Waals surface area contributed by atoms with E-state index in [0.29, 0.717) is 5.75 Å². The number of hydrogen-bond donors (Lipinski definition) is 0. The normalized spacial score (nSPS) is 17.4. The zero-order chi connectivity index (χ0) is 13.0. The van der Waals surface area contributed by atoms with Crippen LogP contribution >= 0.6 is 0 Å². The molecule has 1 unspecified atom stereocenters. The molecule has 1 aliphatic carbocycles. The molecule has 1 aromatic carbocycles. The maximum atomic E-state index is 8.45. The molecule has 2 heteroatoms. The standard InChI is InChI=1S/C16H15NO/c1-12(2)15-5-3-4-6-16(15)13-7-9-14(10-8-13)18-11-17/h3-10,16H,1-2H3. The molecular weight excluding hydrogens is 222 g/mol. The van der Waals surface area contributed by atoms with Gasteiger partial charge in [-0.15, -0.1) is 5.26 Å². The van der Waals surface area contributed by atoms with Crippen molar-refractivity contribution in [3.05, 3.63) is 65.3 Å². The fourth-order valence-corrected chi connectivity index (χ4v) is 2.11. The smallest absolute Gasteiger partial charge is 0.292 e. The van der Waals surface area contributed by atoms with Gasteiger partial charge in [0.2, 0.25) is 0 Å². The summed E-state index contributed by atoms with van der Waals surface area (Å²) >= 11 is 0. The van der Waals surface area contributed by atoms with Crippen molar-refractivity contribution in [2.75, 3.05) is 0 Å². The highest BCUT2D eigenvalue weighted by Crippen LogP contribution is 2.32. The summed E-state index contributed by atoms with van der Waals surface area (Å²) in [5.41, 5.74) is 3.85. The highest BCUT2D eigenvalue weighted by molar-refractivity contribution is 5.46. The third kappa shape index (κ3) is 2.52. The maximum absolute atomic E-state index is 8.45. The molecule has 1 aliphatic rings. The topological polar surface area (TPSA) is 33.0 Å². The van der Waals surface area contributed by atoms with Crippen LogP contribution in [0, 0.1) is 11.5 Å². The Hall–Kier alpha value is -2.27. The lowest BCUT2D eigenvalue weighted by atomic mass is 9.85. The molecule has 0 fully saturated rings. The number of allylic oxidation sites excluding steroid dienone is 6. The lowest BCUT2D eigenvalue weighted by Gasteiger charge is -2.19. The number of nitriles is 1. The van der Waals surface area contributed by atoms with Gasteiger partial charge in [-0.1, -0.05) is 42.0 Å². The molecule has 0 saturated carbocycles. The zero-order valence-electron chi connectivity index (χ0n) is 10.6. The Balaban J connectivity index is 2.31. The predicted octanol–water partition coefficient (Wildman–Crippen LogP) is 4.09. The van der Waals surface area contributed by atoms with Gasteiger partial charge in [0.25, 0.3) is 6.26 Å². The van der Waals surface area contributed by atoms with Gasteiger partial charge in [-0.3, -0.25) is 0 Å². The molecule has 0 amide bonds. The molecule has 0 aromatic heterocycles. The van der Waals surface area contributed by atoms with Crippen LogP contribution in [0.3, 0.4) is 0 Å². The molecule has 0 N–H and O–H groups in total. The van der Waals surface area contributed by atoms with Gasteiger partial charge in [0.1, 0.15) is 5.75 Å². The summed E-state index contributed by atoms with van der Waals surface area (Å²) in [6.45, 7) is 4.25. The van der Waals surface area contributed by atoms with E-state index in [2.05, 4.69) is 38.2 Å². The Morgan fingerprint density at radius 3 is 2.50 bits per heavy atom. The molecular formula is C16H15NO. The summed E-state index contributed by atoms with van der Waals surface area (Å²) < 4.78 is 4.78. The first-order valence-electron chi connectivity index (χ1n) is 5.90. The minimum Gasteiger partial charge on any atom is -0.388 e. The number of nitrogens with zero attached hydrogens (tertiary/aromatic N) is 1. The van der Waals surface area contributed by atoms with E-state index in [1.807, 2.05) is 24.3 Å². The van der Waals surface area contributed by atoms with Crippen molar-refractivity contribution in [2.45, 2.75) is 19.8 Å². The van der Waals surface area contributed by atoms with Crippen molar-refractivity contribution in [2.24, 2.45) is 0 Å². The molecule has 90 valence electrons. The fraction of sp³-hybridized carbons (Fsp3) is 0.188. The third-order valence-corrected chi connectivity index (χ3v) is 3.01. The van der Waals surface area contributed by atoms with Gasteiger partial charge >= 0.3 is 0 Å². The lowest BCUT2D eigenvalue weighted by Crippen LogP contribution is -2.02. The molecule has 0 bridgehead atoms. The van der Waals surface area contributed by atoms with E-state index >= 15 is 0 Å². The molecule has 0 aliphatic heterocycles. The van der Waals surface area contributed by atoms with Crippen LogP contribution in [0.4, 0.5) is 0 Å². The highest BCUT2D eigenvalue weighted by atomic mass is 16.5. The van der Waals surface area contributed by atoms with Crippen LogP contribution < -0.4 is 4.74 Å². The van der Waals surface area contributed by atoms with Gasteiger partial charge in [0.15, 0.2) is 0 Å². The fourth-order valence-electron chi connectivity index (χ4n) is 2.11. The Labute approximate surface area is 108 Å². The summed E-state index contributed by atoms with van der Waals surface area (Å²) in [4.78, 5) is 0. The van der Waals surface area contributed by atoms with E-state index in [1.165, 1.54) is 16.7 Å². The molecule has 0 radical (unpaired) electrons. The van der Waals surface area contributed by atoms with Gasteiger partial charge in [-0.2, -0.15) is 0 Å². The van der Waals surface area contributed by atoms with Crippen LogP contribution in [0.5, 0.6) is 5.75 Å². The number of rotatable bonds is 2. The van der Waals surface area contributed by atoms with Gasteiger partial charge < -0.3 is 4.74 Å². The number of ether oxygens (including phenoxy) is 1. The van der Waals surface area contributed by atoms with E-state index in [4.69, 9.17) is 10.00 Å². The van der Waals surface area contributed by atoms with Crippen molar-refractivity contribution in [3.8, 4) is 12.0 Å². The van der Waals surface area contributed by atoms with Crippen LogP contribution in [0.1, 0.15) is 25.3 Å². The summed E-state index contributed by atoms with van der Waals surface area (Å²) in [7, 11) is 0. The number of hydrogen-bond acceptors (Lipinski definition) is 2. The average Bonchev–Trinajstić information content (AvgIpc) is 2.40. The molecule has 18 heavy (non-hydrogen) atoms.